The SMILES string of the molecule is CCCN(CCN(CCN(CCNC(=S)S)C(=S)S)C(=S)S)C(=S)S. The molecule has 0 unspecified atom stereocenters. The molecule has 0 aliphatic rings. The third kappa shape index (κ3) is 12.9. The number of hydrogen-bond acceptors (Lipinski definition) is 4. The number of thiocarbonyl (C=S) groups is 4. The summed E-state index contributed by atoms with van der Waals surface area (Å²) in [4.78, 5) is 6.04. The molecule has 144 valence electrons. The number of nitrogens with one attached hydrogen (secondary N) is 1. The van der Waals surface area contributed by atoms with Gasteiger partial charge in [0.2, 0.25) is 0 Å². The van der Waals surface area contributed by atoms with Gasteiger partial charge in [-0.2, -0.15) is 0 Å². The Morgan fingerprint density at radius 1 is 0.680 bits per heavy atom. The molecule has 4 nitrogen and oxygen atoms in total. The average molecular weight is 493 g/mol. The van der Waals surface area contributed by atoms with E-state index in [-0.39, 0.29) is 0 Å². The molecule has 0 heterocycles. The Labute approximate surface area is 194 Å². The number of rotatable bonds is 11. The molecule has 0 aromatic carbocycles. The Morgan fingerprint density at radius 2 is 1.04 bits per heavy atom. The van der Waals surface area contributed by atoms with Gasteiger partial charge in [0, 0.05) is 45.8 Å². The second-order valence-electron chi connectivity index (χ2n) is 5.04. The summed E-state index contributed by atoms with van der Waals surface area (Å²) < 4.78 is 2.13. The summed E-state index contributed by atoms with van der Waals surface area (Å²) in [6.07, 6.45) is 1.01. The minimum atomic E-state index is 0.460. The maximum atomic E-state index is 5.25. The zero-order valence-corrected chi connectivity index (χ0v) is 20.8. The molecule has 0 aromatic heterocycles. The molecule has 25 heavy (non-hydrogen) atoms. The smallest absolute Gasteiger partial charge is 0.133 e. The Hall–Kier alpha value is 0.960. The molecule has 0 saturated heterocycles. The van der Waals surface area contributed by atoms with Gasteiger partial charge in [0.1, 0.15) is 17.3 Å². The molecule has 0 bridgehead atoms. The molecule has 1 N–H and O–H groups in total. The highest BCUT2D eigenvalue weighted by Crippen LogP contribution is 2.04. The van der Waals surface area contributed by atoms with E-state index in [1.165, 1.54) is 0 Å². The van der Waals surface area contributed by atoms with E-state index in [9.17, 15) is 0 Å². The molecular weight excluding hydrogens is 469 g/mol. The number of hydrogen-bond donors (Lipinski definition) is 5. The van der Waals surface area contributed by atoms with Crippen molar-refractivity contribution in [1.29, 1.82) is 0 Å². The minimum absolute atomic E-state index is 0.460. The van der Waals surface area contributed by atoms with Crippen LogP contribution in [0.1, 0.15) is 13.3 Å². The quantitative estimate of drug-likeness (QED) is 0.222. The van der Waals surface area contributed by atoms with Gasteiger partial charge >= 0.3 is 0 Å². The maximum Gasteiger partial charge on any atom is 0.133 e. The molecule has 0 rings (SSSR count). The van der Waals surface area contributed by atoms with Gasteiger partial charge in [-0.25, -0.2) is 0 Å². The molecule has 0 fully saturated rings. The fourth-order valence-electron chi connectivity index (χ4n) is 1.96. The van der Waals surface area contributed by atoms with Crippen LogP contribution in [-0.4, -0.2) is 77.8 Å². The molecule has 0 aliphatic carbocycles. The van der Waals surface area contributed by atoms with Crippen molar-refractivity contribution in [2.75, 3.05) is 45.8 Å². The van der Waals surface area contributed by atoms with E-state index in [0.717, 1.165) is 26.1 Å². The van der Waals surface area contributed by atoms with Crippen molar-refractivity contribution in [3.8, 4) is 0 Å². The molecule has 12 heteroatoms. The minimum Gasteiger partial charge on any atom is -0.369 e. The van der Waals surface area contributed by atoms with E-state index in [1.54, 1.807) is 0 Å². The Morgan fingerprint density at radius 3 is 1.36 bits per heavy atom. The topological polar surface area (TPSA) is 21.8 Å². The normalized spacial score (nSPS) is 10.1. The van der Waals surface area contributed by atoms with Crippen LogP contribution in [0.3, 0.4) is 0 Å². The van der Waals surface area contributed by atoms with Gasteiger partial charge in [0.25, 0.3) is 0 Å². The van der Waals surface area contributed by atoms with E-state index in [4.69, 9.17) is 48.9 Å². The summed E-state index contributed by atoms with van der Waals surface area (Å²) in [6.45, 7) is 7.14. The third-order valence-corrected chi connectivity index (χ3v) is 5.17. The van der Waals surface area contributed by atoms with E-state index in [1.807, 2.05) is 9.80 Å². The first kappa shape index (κ1) is 26.0. The van der Waals surface area contributed by atoms with Crippen LogP contribution >= 0.6 is 99.4 Å². The van der Waals surface area contributed by atoms with Crippen LogP contribution in [0, 0.1) is 0 Å². The van der Waals surface area contributed by atoms with Gasteiger partial charge in [-0.15, -0.1) is 50.5 Å². The van der Waals surface area contributed by atoms with E-state index in [0.29, 0.717) is 43.5 Å². The summed E-state index contributed by atoms with van der Waals surface area (Å²) in [5.41, 5.74) is 0. The Balaban J connectivity index is 4.56. The predicted octanol–water partition coefficient (Wildman–Crippen LogP) is 2.75. The van der Waals surface area contributed by atoms with Gasteiger partial charge < -0.3 is 20.0 Å². The van der Waals surface area contributed by atoms with Gasteiger partial charge in [0.05, 0.1) is 0 Å². The Bertz CT molecular complexity index is 473. The molecule has 0 saturated carbocycles. The van der Waals surface area contributed by atoms with E-state index < -0.39 is 0 Å². The highest BCUT2D eigenvalue weighted by Gasteiger charge is 2.13. The lowest BCUT2D eigenvalue weighted by molar-refractivity contribution is 0.320. The second-order valence-corrected chi connectivity index (χ2v) is 9.54. The van der Waals surface area contributed by atoms with Crippen molar-refractivity contribution in [3.63, 3.8) is 0 Å². The maximum absolute atomic E-state index is 5.25. The van der Waals surface area contributed by atoms with Gasteiger partial charge in [0.15, 0.2) is 0 Å². The van der Waals surface area contributed by atoms with Crippen LogP contribution < -0.4 is 5.32 Å². The van der Waals surface area contributed by atoms with Crippen molar-refractivity contribution in [3.05, 3.63) is 0 Å². The molecule has 0 aliphatic heterocycles. The standard InChI is InChI=1S/C13H24N4S8/c1-2-4-15(11(20)21)6-8-17(13(24)25)9-7-16(12(22)23)5-3-14-10(18)19/h2-9H2,1H3,(H,20,21)(H,22,23)(H,24,25)(H2,14,18,19). The molecule has 0 amide bonds. The summed E-state index contributed by atoms with van der Waals surface area (Å²) in [5.74, 6) is 0. The van der Waals surface area contributed by atoms with Crippen molar-refractivity contribution in [2.45, 2.75) is 13.3 Å². The summed E-state index contributed by atoms with van der Waals surface area (Å²) >= 11 is 37.4. The van der Waals surface area contributed by atoms with Crippen molar-refractivity contribution in [1.82, 2.24) is 20.0 Å². The lowest BCUT2D eigenvalue weighted by Gasteiger charge is -2.31. The fraction of sp³-hybridized carbons (Fsp3) is 0.692. The zero-order valence-electron chi connectivity index (χ0n) is 13.9. The lowest BCUT2D eigenvalue weighted by Crippen LogP contribution is -2.43. The zero-order chi connectivity index (χ0) is 19.4. The van der Waals surface area contributed by atoms with Crippen molar-refractivity contribution in [2.24, 2.45) is 0 Å². The molecule has 0 aromatic rings. The third-order valence-electron chi connectivity index (χ3n) is 3.24. The average Bonchev–Trinajstić information content (AvgIpc) is 2.50. The first-order valence-electron chi connectivity index (χ1n) is 7.59. The van der Waals surface area contributed by atoms with Gasteiger partial charge in [-0.3, -0.25) is 0 Å². The van der Waals surface area contributed by atoms with Crippen LogP contribution in [0.5, 0.6) is 0 Å². The summed E-state index contributed by atoms with van der Waals surface area (Å²) in [5, 5.41) is 2.98. The lowest BCUT2D eigenvalue weighted by atomic mass is 10.4. The van der Waals surface area contributed by atoms with Crippen molar-refractivity contribution < 1.29 is 0 Å². The molecular formula is C13H24N4S8. The second kappa shape index (κ2) is 14.9. The molecule has 0 atom stereocenters. The van der Waals surface area contributed by atoms with Crippen LogP contribution in [0.4, 0.5) is 0 Å². The van der Waals surface area contributed by atoms with E-state index in [2.05, 4.69) is 67.7 Å². The molecule has 0 spiro atoms. The molecule has 0 radical (unpaired) electrons. The van der Waals surface area contributed by atoms with Crippen LogP contribution in [0.25, 0.3) is 0 Å². The Kier molecular flexibility index (Phi) is 15.5. The first-order valence-corrected chi connectivity index (χ1v) is 11.0. The van der Waals surface area contributed by atoms with Gasteiger partial charge in [-0.1, -0.05) is 55.8 Å². The largest absolute Gasteiger partial charge is 0.369 e. The predicted molar refractivity (Wildman–Crippen MR) is 139 cm³/mol. The van der Waals surface area contributed by atoms with Crippen LogP contribution in [0.2, 0.25) is 0 Å². The van der Waals surface area contributed by atoms with Crippen molar-refractivity contribution >= 4 is 117 Å². The number of nitrogens with zero attached hydrogens (tertiary/aromatic N) is 3. The summed E-state index contributed by atoms with van der Waals surface area (Å²) in [6, 6.07) is 0. The number of thiol groups is 4. The highest BCUT2D eigenvalue weighted by molar-refractivity contribution is 8.11. The van der Waals surface area contributed by atoms with Crippen LogP contribution in [0.15, 0.2) is 0 Å². The summed E-state index contributed by atoms with van der Waals surface area (Å²) in [7, 11) is 0. The van der Waals surface area contributed by atoms with Gasteiger partial charge in [-0.05, 0) is 6.42 Å². The monoisotopic (exact) mass is 492 g/mol. The first-order chi connectivity index (χ1) is 11.7. The fourth-order valence-corrected chi connectivity index (χ4v) is 3.32. The highest BCUT2D eigenvalue weighted by atomic mass is 32.1. The van der Waals surface area contributed by atoms with Crippen LogP contribution in [-0.2, 0) is 0 Å². The van der Waals surface area contributed by atoms with E-state index >= 15 is 0 Å².